The normalized spacial score (nSPS) is 20.4. The predicted molar refractivity (Wildman–Crippen MR) is 63.0 cm³/mol. The summed E-state index contributed by atoms with van der Waals surface area (Å²) in [5, 5.41) is 6.05. The molecule has 0 saturated carbocycles. The van der Waals surface area contributed by atoms with Crippen molar-refractivity contribution in [3.63, 3.8) is 0 Å². The Morgan fingerprint density at radius 1 is 1.69 bits per heavy atom. The van der Waals surface area contributed by atoms with E-state index in [1.807, 2.05) is 0 Å². The molecular formula is C10H14N4OS. The molecule has 1 saturated heterocycles. The van der Waals surface area contributed by atoms with Gasteiger partial charge in [-0.15, -0.1) is 0 Å². The minimum absolute atomic E-state index is 0.0470. The number of nitrogens with zero attached hydrogens (tertiary/aromatic N) is 2. The van der Waals surface area contributed by atoms with Gasteiger partial charge in [0.2, 0.25) is 5.91 Å². The number of amides is 1. The molecule has 1 aromatic heterocycles. The Bertz CT molecular complexity index is 340. The van der Waals surface area contributed by atoms with Crippen molar-refractivity contribution in [1.82, 2.24) is 20.6 Å². The van der Waals surface area contributed by atoms with Gasteiger partial charge < -0.3 is 10.6 Å². The topological polar surface area (TPSA) is 66.9 Å². The molecule has 1 aromatic rings. The van der Waals surface area contributed by atoms with Crippen molar-refractivity contribution in [1.29, 1.82) is 0 Å². The molecular weight excluding hydrogens is 224 g/mol. The van der Waals surface area contributed by atoms with E-state index in [1.165, 1.54) is 6.33 Å². The van der Waals surface area contributed by atoms with Gasteiger partial charge >= 0.3 is 0 Å². The van der Waals surface area contributed by atoms with Crippen LogP contribution in [-0.4, -0.2) is 40.0 Å². The van der Waals surface area contributed by atoms with Crippen molar-refractivity contribution in [2.75, 3.05) is 18.1 Å². The van der Waals surface area contributed by atoms with E-state index in [1.54, 1.807) is 24.0 Å². The summed E-state index contributed by atoms with van der Waals surface area (Å²) in [6.07, 6.45) is 3.15. The summed E-state index contributed by atoms with van der Waals surface area (Å²) >= 11 is 1.80. The van der Waals surface area contributed by atoms with E-state index in [0.29, 0.717) is 6.54 Å². The summed E-state index contributed by atoms with van der Waals surface area (Å²) in [5.74, 6) is 1.97. The fourth-order valence-electron chi connectivity index (χ4n) is 1.46. The van der Waals surface area contributed by atoms with Crippen LogP contribution in [-0.2, 0) is 11.3 Å². The Kier molecular flexibility index (Phi) is 4.12. The molecule has 6 heteroatoms. The van der Waals surface area contributed by atoms with Crippen molar-refractivity contribution in [3.05, 3.63) is 24.3 Å². The Morgan fingerprint density at radius 3 is 3.31 bits per heavy atom. The van der Waals surface area contributed by atoms with Crippen LogP contribution >= 0.6 is 11.8 Å². The number of rotatable bonds is 3. The Hall–Kier alpha value is -1.14. The second kappa shape index (κ2) is 5.81. The molecule has 2 rings (SSSR count). The van der Waals surface area contributed by atoms with Crippen molar-refractivity contribution >= 4 is 17.7 Å². The van der Waals surface area contributed by atoms with E-state index in [-0.39, 0.29) is 11.9 Å². The molecule has 1 aliphatic heterocycles. The molecule has 1 unspecified atom stereocenters. The second-order valence-corrected chi connectivity index (χ2v) is 4.65. The zero-order chi connectivity index (χ0) is 11.2. The van der Waals surface area contributed by atoms with E-state index >= 15 is 0 Å². The fourth-order valence-corrected chi connectivity index (χ4v) is 2.39. The van der Waals surface area contributed by atoms with Gasteiger partial charge in [-0.2, -0.15) is 11.8 Å². The summed E-state index contributed by atoms with van der Waals surface area (Å²) in [5.41, 5.74) is 0.826. The highest BCUT2D eigenvalue weighted by atomic mass is 32.2. The Morgan fingerprint density at radius 2 is 2.62 bits per heavy atom. The number of thioether (sulfide) groups is 1. The van der Waals surface area contributed by atoms with Crippen LogP contribution in [0.2, 0.25) is 0 Å². The first-order chi connectivity index (χ1) is 7.86. The Labute approximate surface area is 98.4 Å². The number of aromatic nitrogens is 2. The largest absolute Gasteiger partial charge is 0.349 e. The minimum Gasteiger partial charge on any atom is -0.349 e. The zero-order valence-corrected chi connectivity index (χ0v) is 9.67. The van der Waals surface area contributed by atoms with Crippen LogP contribution in [0.1, 0.15) is 5.69 Å². The quantitative estimate of drug-likeness (QED) is 0.763. The monoisotopic (exact) mass is 238 g/mol. The first-order valence-corrected chi connectivity index (χ1v) is 6.35. The molecule has 2 heterocycles. The van der Waals surface area contributed by atoms with Crippen LogP contribution in [0.3, 0.4) is 0 Å². The minimum atomic E-state index is -0.0689. The fraction of sp³-hybridized carbons (Fsp3) is 0.500. The van der Waals surface area contributed by atoms with E-state index in [0.717, 1.165) is 23.7 Å². The summed E-state index contributed by atoms with van der Waals surface area (Å²) in [6.45, 7) is 1.36. The van der Waals surface area contributed by atoms with Crippen LogP contribution in [0.5, 0.6) is 0 Å². The molecule has 0 spiro atoms. The van der Waals surface area contributed by atoms with E-state index in [4.69, 9.17) is 0 Å². The maximum absolute atomic E-state index is 11.7. The lowest BCUT2D eigenvalue weighted by Crippen LogP contribution is -2.48. The average Bonchev–Trinajstić information content (AvgIpc) is 2.38. The summed E-state index contributed by atoms with van der Waals surface area (Å²) in [6, 6.07) is 1.73. The van der Waals surface area contributed by atoms with Gasteiger partial charge in [0, 0.05) is 24.2 Å². The SMILES string of the molecule is O=C(NCc1ccncn1)C1CSCCN1. The third-order valence-corrected chi connectivity index (χ3v) is 3.39. The van der Waals surface area contributed by atoms with Crippen LogP contribution in [0, 0.1) is 0 Å². The zero-order valence-electron chi connectivity index (χ0n) is 8.85. The molecule has 1 amide bonds. The molecule has 1 fully saturated rings. The van der Waals surface area contributed by atoms with Gasteiger partial charge in [-0.3, -0.25) is 4.79 Å². The number of carbonyl (C=O) groups is 1. The van der Waals surface area contributed by atoms with Crippen molar-refractivity contribution in [2.45, 2.75) is 12.6 Å². The molecule has 86 valence electrons. The van der Waals surface area contributed by atoms with E-state index in [2.05, 4.69) is 20.6 Å². The van der Waals surface area contributed by atoms with E-state index in [9.17, 15) is 4.79 Å². The van der Waals surface area contributed by atoms with Crippen molar-refractivity contribution in [3.8, 4) is 0 Å². The van der Waals surface area contributed by atoms with Gasteiger partial charge in [-0.1, -0.05) is 0 Å². The summed E-state index contributed by atoms with van der Waals surface area (Å²) < 4.78 is 0. The highest BCUT2D eigenvalue weighted by molar-refractivity contribution is 7.99. The van der Waals surface area contributed by atoms with Crippen molar-refractivity contribution in [2.24, 2.45) is 0 Å². The molecule has 0 bridgehead atoms. The standard InChI is InChI=1S/C10H14N4OS/c15-10(9-6-16-4-3-12-9)13-5-8-1-2-11-7-14-8/h1-2,7,9,12H,3-6H2,(H,13,15). The van der Waals surface area contributed by atoms with Crippen LogP contribution < -0.4 is 10.6 Å². The lowest BCUT2D eigenvalue weighted by atomic mass is 10.3. The summed E-state index contributed by atoms with van der Waals surface area (Å²) in [7, 11) is 0. The number of carbonyl (C=O) groups excluding carboxylic acids is 1. The van der Waals surface area contributed by atoms with Gasteiger partial charge in [0.15, 0.2) is 0 Å². The molecule has 16 heavy (non-hydrogen) atoms. The molecule has 1 atom stereocenters. The Balaban J connectivity index is 1.79. The lowest BCUT2D eigenvalue weighted by Gasteiger charge is -2.22. The second-order valence-electron chi connectivity index (χ2n) is 3.50. The third-order valence-electron chi connectivity index (χ3n) is 2.33. The number of hydrogen-bond donors (Lipinski definition) is 2. The smallest absolute Gasteiger partial charge is 0.238 e. The van der Waals surface area contributed by atoms with Crippen LogP contribution in [0.4, 0.5) is 0 Å². The first-order valence-electron chi connectivity index (χ1n) is 5.20. The average molecular weight is 238 g/mol. The molecule has 2 N–H and O–H groups in total. The third kappa shape index (κ3) is 3.18. The van der Waals surface area contributed by atoms with Crippen molar-refractivity contribution < 1.29 is 4.79 Å². The maximum Gasteiger partial charge on any atom is 0.238 e. The highest BCUT2D eigenvalue weighted by Crippen LogP contribution is 2.07. The van der Waals surface area contributed by atoms with Crippen LogP contribution in [0.25, 0.3) is 0 Å². The molecule has 0 aromatic carbocycles. The van der Waals surface area contributed by atoms with Gasteiger partial charge in [0.25, 0.3) is 0 Å². The van der Waals surface area contributed by atoms with Gasteiger partial charge in [-0.05, 0) is 6.07 Å². The summed E-state index contributed by atoms with van der Waals surface area (Å²) in [4.78, 5) is 19.6. The first kappa shape index (κ1) is 11.3. The number of hydrogen-bond acceptors (Lipinski definition) is 5. The van der Waals surface area contributed by atoms with Gasteiger partial charge in [-0.25, -0.2) is 9.97 Å². The lowest BCUT2D eigenvalue weighted by molar-refractivity contribution is -0.122. The highest BCUT2D eigenvalue weighted by Gasteiger charge is 2.20. The molecule has 0 aliphatic carbocycles. The predicted octanol–water partition coefficient (Wildman–Crippen LogP) is -0.202. The molecule has 1 aliphatic rings. The maximum atomic E-state index is 11.7. The molecule has 0 radical (unpaired) electrons. The van der Waals surface area contributed by atoms with Gasteiger partial charge in [0.1, 0.15) is 6.33 Å². The van der Waals surface area contributed by atoms with Crippen LogP contribution in [0.15, 0.2) is 18.6 Å². The number of nitrogens with one attached hydrogen (secondary N) is 2. The van der Waals surface area contributed by atoms with E-state index < -0.39 is 0 Å². The molecule has 5 nitrogen and oxygen atoms in total. The van der Waals surface area contributed by atoms with Gasteiger partial charge in [0.05, 0.1) is 18.3 Å².